The highest BCUT2D eigenvalue weighted by Gasteiger charge is 2.34. The van der Waals surface area contributed by atoms with Crippen molar-refractivity contribution in [2.24, 2.45) is 0 Å². The third-order valence-electron chi connectivity index (χ3n) is 6.36. The van der Waals surface area contributed by atoms with E-state index in [1.807, 2.05) is 0 Å². The van der Waals surface area contributed by atoms with E-state index in [2.05, 4.69) is 96.5 Å². The molecular formula is C28H28N2OS. The van der Waals surface area contributed by atoms with Crippen molar-refractivity contribution in [1.82, 2.24) is 9.88 Å². The van der Waals surface area contributed by atoms with E-state index in [9.17, 15) is 4.79 Å². The van der Waals surface area contributed by atoms with Gasteiger partial charge in [0.1, 0.15) is 0 Å². The Balaban J connectivity index is 1.42. The molecule has 1 aliphatic heterocycles. The first kappa shape index (κ1) is 20.9. The molecule has 1 amide bonds. The van der Waals surface area contributed by atoms with E-state index >= 15 is 0 Å². The Hall–Kier alpha value is -2.98. The number of nitrogens with one attached hydrogen (secondary N) is 1. The Kier molecular flexibility index (Phi) is 5.79. The molecule has 1 atom stereocenters. The van der Waals surface area contributed by atoms with Gasteiger partial charge in [-0.1, -0.05) is 77.9 Å². The van der Waals surface area contributed by atoms with Crippen LogP contribution in [-0.4, -0.2) is 28.1 Å². The summed E-state index contributed by atoms with van der Waals surface area (Å²) in [6, 6.07) is 25.6. The van der Waals surface area contributed by atoms with Crippen molar-refractivity contribution in [3.63, 3.8) is 0 Å². The number of H-pyrrole nitrogens is 1. The number of aryl methyl sites for hydroxylation is 2. The van der Waals surface area contributed by atoms with Crippen molar-refractivity contribution in [2.45, 2.75) is 32.1 Å². The summed E-state index contributed by atoms with van der Waals surface area (Å²) in [5.41, 5.74) is 8.59. The van der Waals surface area contributed by atoms with E-state index in [1.165, 1.54) is 33.2 Å². The summed E-state index contributed by atoms with van der Waals surface area (Å²) in [5.74, 6) is 1.55. The van der Waals surface area contributed by atoms with E-state index in [4.69, 9.17) is 0 Å². The van der Waals surface area contributed by atoms with Crippen LogP contribution in [-0.2, 0) is 17.0 Å². The van der Waals surface area contributed by atoms with Crippen molar-refractivity contribution in [1.29, 1.82) is 0 Å². The number of thioether (sulfide) groups is 1. The van der Waals surface area contributed by atoms with Gasteiger partial charge in [-0.3, -0.25) is 4.79 Å². The highest BCUT2D eigenvalue weighted by Crippen LogP contribution is 2.38. The first-order chi connectivity index (χ1) is 15.6. The van der Waals surface area contributed by atoms with Crippen LogP contribution >= 0.6 is 11.8 Å². The van der Waals surface area contributed by atoms with Gasteiger partial charge < -0.3 is 9.88 Å². The molecule has 1 N–H and O–H groups in total. The zero-order valence-corrected chi connectivity index (χ0v) is 19.4. The van der Waals surface area contributed by atoms with Gasteiger partial charge in [-0.25, -0.2) is 0 Å². The van der Waals surface area contributed by atoms with Gasteiger partial charge in [-0.05, 0) is 43.0 Å². The van der Waals surface area contributed by atoms with Crippen LogP contribution in [0.15, 0.2) is 72.8 Å². The molecule has 0 saturated carbocycles. The molecule has 1 aromatic heterocycles. The average molecular weight is 441 g/mol. The molecule has 162 valence electrons. The molecular weight excluding hydrogens is 412 g/mol. The van der Waals surface area contributed by atoms with E-state index in [0.717, 1.165) is 29.9 Å². The molecule has 0 radical (unpaired) electrons. The molecule has 0 bridgehead atoms. The van der Waals surface area contributed by atoms with Crippen LogP contribution in [0.5, 0.6) is 0 Å². The Bertz CT molecular complexity index is 1240. The average Bonchev–Trinajstić information content (AvgIpc) is 3.19. The molecule has 0 fully saturated rings. The minimum atomic E-state index is -0.0702. The van der Waals surface area contributed by atoms with Crippen molar-refractivity contribution in [3.8, 4) is 0 Å². The van der Waals surface area contributed by atoms with Gasteiger partial charge in [-0.15, -0.1) is 11.8 Å². The molecule has 0 saturated heterocycles. The summed E-state index contributed by atoms with van der Waals surface area (Å²) in [4.78, 5) is 19.1. The lowest BCUT2D eigenvalue weighted by Crippen LogP contribution is -2.41. The summed E-state index contributed by atoms with van der Waals surface area (Å²) in [7, 11) is 0. The topological polar surface area (TPSA) is 36.1 Å². The molecule has 3 nitrogen and oxygen atoms in total. The zero-order chi connectivity index (χ0) is 22.1. The monoisotopic (exact) mass is 440 g/mol. The number of nitrogens with zero attached hydrogens (tertiary/aromatic N) is 1. The maximum Gasteiger partial charge on any atom is 0.233 e. The number of carbonyl (C=O) groups excluding carboxylic acids is 1. The second-order valence-corrected chi connectivity index (χ2v) is 9.68. The summed E-state index contributed by atoms with van der Waals surface area (Å²) in [6.07, 6.45) is 0.885. The second-order valence-electron chi connectivity index (χ2n) is 8.69. The predicted octanol–water partition coefficient (Wildman–Crippen LogP) is 6.19. The number of aromatic amines is 1. The van der Waals surface area contributed by atoms with Crippen molar-refractivity contribution in [2.75, 3.05) is 12.3 Å². The lowest BCUT2D eigenvalue weighted by Gasteiger charge is -2.36. The van der Waals surface area contributed by atoms with E-state index < -0.39 is 0 Å². The number of carbonyl (C=O) groups is 1. The van der Waals surface area contributed by atoms with Crippen molar-refractivity contribution >= 4 is 28.6 Å². The number of para-hydroxylation sites is 1. The Morgan fingerprint density at radius 2 is 1.66 bits per heavy atom. The van der Waals surface area contributed by atoms with Crippen LogP contribution in [0.2, 0.25) is 0 Å². The van der Waals surface area contributed by atoms with Gasteiger partial charge in [0.2, 0.25) is 5.91 Å². The largest absolute Gasteiger partial charge is 0.356 e. The molecule has 1 unspecified atom stereocenters. The van der Waals surface area contributed by atoms with Gasteiger partial charge in [0.25, 0.3) is 0 Å². The standard InChI is InChI=1S/C28H28N2OS/c1-19-7-11-21(12-8-19)17-32-18-26(31)30-16-15-24-23-5-3-4-6-25(23)29-27(24)28(30)22-13-9-20(2)10-14-22/h3-14,28-29H,15-18H2,1-2H3. The van der Waals surface area contributed by atoms with Crippen LogP contribution < -0.4 is 0 Å². The van der Waals surface area contributed by atoms with E-state index in [1.54, 1.807) is 11.8 Å². The highest BCUT2D eigenvalue weighted by atomic mass is 32.2. The number of rotatable bonds is 5. The fourth-order valence-electron chi connectivity index (χ4n) is 4.63. The fraction of sp³-hybridized carbons (Fsp3) is 0.250. The van der Waals surface area contributed by atoms with E-state index in [-0.39, 0.29) is 11.9 Å². The Morgan fingerprint density at radius 3 is 2.41 bits per heavy atom. The van der Waals surface area contributed by atoms with Crippen LogP contribution in [0, 0.1) is 13.8 Å². The normalized spacial score (nSPS) is 15.7. The van der Waals surface area contributed by atoms with Crippen LogP contribution in [0.4, 0.5) is 0 Å². The van der Waals surface area contributed by atoms with Crippen molar-refractivity contribution < 1.29 is 4.79 Å². The minimum absolute atomic E-state index is 0.0702. The summed E-state index contributed by atoms with van der Waals surface area (Å²) in [5, 5.41) is 1.28. The fourth-order valence-corrected chi connectivity index (χ4v) is 5.50. The van der Waals surface area contributed by atoms with Gasteiger partial charge >= 0.3 is 0 Å². The smallest absolute Gasteiger partial charge is 0.233 e. The molecule has 1 aliphatic rings. The zero-order valence-electron chi connectivity index (χ0n) is 18.6. The van der Waals surface area contributed by atoms with Crippen molar-refractivity contribution in [3.05, 3.63) is 106 Å². The maximum atomic E-state index is 13.4. The van der Waals surface area contributed by atoms with Gasteiger partial charge in [0, 0.05) is 28.9 Å². The third kappa shape index (κ3) is 4.07. The molecule has 4 aromatic rings. The molecule has 0 spiro atoms. The number of amides is 1. The summed E-state index contributed by atoms with van der Waals surface area (Å²) in [6.45, 7) is 4.95. The number of aromatic nitrogens is 1. The Labute approximate surface area is 193 Å². The molecule has 2 heterocycles. The SMILES string of the molecule is Cc1ccc(CSCC(=O)N2CCc3c([nH]c4ccccc34)C2c2ccc(C)cc2)cc1. The van der Waals surface area contributed by atoms with Crippen LogP contribution in [0.25, 0.3) is 10.9 Å². The highest BCUT2D eigenvalue weighted by molar-refractivity contribution is 7.99. The molecule has 5 rings (SSSR count). The number of hydrogen-bond donors (Lipinski definition) is 1. The van der Waals surface area contributed by atoms with Crippen LogP contribution in [0.1, 0.15) is 39.6 Å². The molecule has 32 heavy (non-hydrogen) atoms. The summed E-state index contributed by atoms with van der Waals surface area (Å²) >= 11 is 1.70. The first-order valence-electron chi connectivity index (χ1n) is 11.2. The quantitative estimate of drug-likeness (QED) is 0.401. The van der Waals surface area contributed by atoms with Gasteiger partial charge in [0.05, 0.1) is 11.8 Å². The lowest BCUT2D eigenvalue weighted by atomic mass is 9.92. The van der Waals surface area contributed by atoms with E-state index in [0.29, 0.717) is 5.75 Å². The van der Waals surface area contributed by atoms with Crippen LogP contribution in [0.3, 0.4) is 0 Å². The molecule has 0 aliphatic carbocycles. The summed E-state index contributed by atoms with van der Waals surface area (Å²) < 4.78 is 0. The molecule has 4 heteroatoms. The van der Waals surface area contributed by atoms with Gasteiger partial charge in [0.15, 0.2) is 0 Å². The number of fused-ring (bicyclic) bond motifs is 3. The third-order valence-corrected chi connectivity index (χ3v) is 7.35. The van der Waals surface area contributed by atoms with Gasteiger partial charge in [-0.2, -0.15) is 0 Å². The lowest BCUT2D eigenvalue weighted by molar-refractivity contribution is -0.130. The Morgan fingerprint density at radius 1 is 0.969 bits per heavy atom. The maximum absolute atomic E-state index is 13.4. The number of hydrogen-bond acceptors (Lipinski definition) is 2. The first-order valence-corrected chi connectivity index (χ1v) is 12.3. The number of benzene rings is 3. The minimum Gasteiger partial charge on any atom is -0.356 e. The predicted molar refractivity (Wildman–Crippen MR) is 134 cm³/mol. The molecule has 3 aromatic carbocycles. The second kappa shape index (κ2) is 8.87.